The van der Waals surface area contributed by atoms with E-state index in [4.69, 9.17) is 10.6 Å². The topological polar surface area (TPSA) is 115 Å². The van der Waals surface area contributed by atoms with E-state index < -0.39 is 17.8 Å². The molecule has 0 bridgehead atoms. The number of nitrogen functional groups attached to an aromatic ring is 1. The molecular formula is C24H23FN6O3S. The fourth-order valence-corrected chi connectivity index (χ4v) is 5.01. The molecule has 0 saturated heterocycles. The largest absolute Gasteiger partial charge is 0.466 e. The van der Waals surface area contributed by atoms with Gasteiger partial charge in [-0.15, -0.1) is 10.2 Å². The molecule has 11 heteroatoms. The van der Waals surface area contributed by atoms with E-state index in [1.807, 2.05) is 30.3 Å². The number of carbonyl (C=O) groups is 2. The molecule has 3 aromatic rings. The van der Waals surface area contributed by atoms with Crippen molar-refractivity contribution in [3.05, 3.63) is 77.2 Å². The van der Waals surface area contributed by atoms with Crippen LogP contribution in [0.3, 0.4) is 0 Å². The van der Waals surface area contributed by atoms with Crippen molar-refractivity contribution in [2.45, 2.75) is 30.1 Å². The summed E-state index contributed by atoms with van der Waals surface area (Å²) in [5.74, 6) is 5.59. The minimum Gasteiger partial charge on any atom is -0.466 e. The fourth-order valence-electron chi connectivity index (χ4n) is 4.13. The second-order valence-electron chi connectivity index (χ2n) is 8.19. The van der Waals surface area contributed by atoms with Crippen molar-refractivity contribution in [2.24, 2.45) is 0 Å². The lowest BCUT2D eigenvalue weighted by molar-refractivity contribution is -0.136. The van der Waals surface area contributed by atoms with Crippen LogP contribution in [0.4, 0.5) is 9.18 Å². The number of hydrogen-bond donors (Lipinski definition) is 2. The summed E-state index contributed by atoms with van der Waals surface area (Å²) in [5.41, 5.74) is 1.89. The van der Waals surface area contributed by atoms with E-state index in [9.17, 15) is 14.0 Å². The maximum absolute atomic E-state index is 14.3. The van der Waals surface area contributed by atoms with Gasteiger partial charge in [0.25, 0.3) is 0 Å². The van der Waals surface area contributed by atoms with Crippen LogP contribution in [0.5, 0.6) is 0 Å². The summed E-state index contributed by atoms with van der Waals surface area (Å²) in [4.78, 5) is 27.8. The van der Waals surface area contributed by atoms with Crippen LogP contribution in [0, 0.1) is 5.82 Å². The van der Waals surface area contributed by atoms with Gasteiger partial charge in [0.1, 0.15) is 5.82 Å². The summed E-state index contributed by atoms with van der Waals surface area (Å²) in [6.45, 7) is 0. The zero-order valence-electron chi connectivity index (χ0n) is 18.8. The lowest BCUT2D eigenvalue weighted by atomic mass is 9.95. The second-order valence-corrected chi connectivity index (χ2v) is 9.13. The Bertz CT molecular complexity index is 1310. The Kier molecular flexibility index (Phi) is 6.16. The summed E-state index contributed by atoms with van der Waals surface area (Å²) in [6.07, 6.45) is 1.69. The van der Waals surface area contributed by atoms with Crippen LogP contribution in [0.1, 0.15) is 24.4 Å². The minimum atomic E-state index is -0.661. The lowest BCUT2D eigenvalue weighted by Crippen LogP contribution is -2.50. The van der Waals surface area contributed by atoms with Crippen molar-refractivity contribution in [1.29, 1.82) is 0 Å². The van der Waals surface area contributed by atoms with Crippen molar-refractivity contribution in [1.82, 2.24) is 25.1 Å². The molecule has 2 heterocycles. The number of carbonyl (C=O) groups excluding carboxylic acids is 2. The van der Waals surface area contributed by atoms with Crippen molar-refractivity contribution in [2.75, 3.05) is 18.7 Å². The third kappa shape index (κ3) is 4.34. The van der Waals surface area contributed by atoms with Crippen LogP contribution in [0.2, 0.25) is 0 Å². The number of aromatic nitrogens is 3. The van der Waals surface area contributed by atoms with Crippen LogP contribution in [-0.2, 0) is 9.53 Å². The number of urea groups is 1. The Morgan fingerprint density at radius 3 is 2.57 bits per heavy atom. The molecular weight excluding hydrogens is 471 g/mol. The van der Waals surface area contributed by atoms with Gasteiger partial charge in [0, 0.05) is 17.5 Å². The van der Waals surface area contributed by atoms with Gasteiger partial charge in [-0.3, -0.25) is 4.90 Å². The van der Waals surface area contributed by atoms with E-state index in [0.717, 1.165) is 18.4 Å². The van der Waals surface area contributed by atoms with Gasteiger partial charge < -0.3 is 15.9 Å². The Hall–Kier alpha value is -3.86. The van der Waals surface area contributed by atoms with Gasteiger partial charge >= 0.3 is 12.0 Å². The van der Waals surface area contributed by atoms with Crippen molar-refractivity contribution in [3.63, 3.8) is 0 Å². The molecule has 0 radical (unpaired) electrons. The average molecular weight is 495 g/mol. The van der Waals surface area contributed by atoms with Gasteiger partial charge in [0.05, 0.1) is 24.3 Å². The molecule has 35 heavy (non-hydrogen) atoms. The number of esters is 1. The predicted molar refractivity (Wildman–Crippen MR) is 128 cm³/mol. The van der Waals surface area contributed by atoms with Gasteiger partial charge in [-0.25, -0.2) is 18.7 Å². The van der Waals surface area contributed by atoms with E-state index in [1.54, 1.807) is 23.1 Å². The number of nitrogens with two attached hydrogens (primary N) is 1. The molecule has 1 aliphatic heterocycles. The summed E-state index contributed by atoms with van der Waals surface area (Å²) >= 11 is 1.21. The summed E-state index contributed by atoms with van der Waals surface area (Å²) in [5, 5.41) is 11.4. The molecule has 1 atom stereocenters. The molecule has 1 aliphatic carbocycles. The van der Waals surface area contributed by atoms with Crippen LogP contribution in [0.25, 0.3) is 11.4 Å². The first-order valence-electron chi connectivity index (χ1n) is 11.0. The minimum absolute atomic E-state index is 0.00621. The molecule has 180 valence electrons. The zero-order chi connectivity index (χ0) is 24.5. The number of ether oxygens (including phenoxy) is 1. The Morgan fingerprint density at radius 2 is 1.89 bits per heavy atom. The molecule has 5 rings (SSSR count). The van der Waals surface area contributed by atoms with Crippen LogP contribution in [-0.4, -0.2) is 50.7 Å². The van der Waals surface area contributed by atoms with Gasteiger partial charge in [-0.1, -0.05) is 54.2 Å². The van der Waals surface area contributed by atoms with Gasteiger partial charge in [-0.05, 0) is 30.5 Å². The molecule has 1 fully saturated rings. The maximum Gasteiger partial charge on any atom is 0.338 e. The quantitative estimate of drug-likeness (QED) is 0.294. The van der Waals surface area contributed by atoms with Crippen LogP contribution in [0.15, 0.2) is 71.0 Å². The highest BCUT2D eigenvalue weighted by Crippen LogP contribution is 2.40. The smallest absolute Gasteiger partial charge is 0.338 e. The number of nitrogens with zero attached hydrogens (tertiary/aromatic N) is 4. The Balaban J connectivity index is 1.52. The van der Waals surface area contributed by atoms with E-state index >= 15 is 0 Å². The molecule has 1 unspecified atom stereocenters. The monoisotopic (exact) mass is 494 g/mol. The SMILES string of the molecule is COC(=O)C1=C(CSc2nnc(-c3ccccc3F)n2N)N(C2CC2)C(=O)NC1c1ccccc1. The van der Waals surface area contributed by atoms with Crippen LogP contribution >= 0.6 is 11.8 Å². The molecule has 2 amide bonds. The fraction of sp³-hybridized carbons (Fsp3) is 0.250. The number of benzene rings is 2. The lowest BCUT2D eigenvalue weighted by Gasteiger charge is -2.36. The number of rotatable bonds is 7. The van der Waals surface area contributed by atoms with Crippen molar-refractivity contribution < 1.29 is 18.7 Å². The van der Waals surface area contributed by atoms with Gasteiger partial charge in [0.15, 0.2) is 5.82 Å². The van der Waals surface area contributed by atoms with Crippen molar-refractivity contribution >= 4 is 23.8 Å². The molecule has 1 aromatic heterocycles. The highest BCUT2D eigenvalue weighted by atomic mass is 32.2. The van der Waals surface area contributed by atoms with E-state index in [-0.39, 0.29) is 29.2 Å². The standard InChI is InChI=1S/C24H23FN6O3S/c1-34-22(32)19-18(13-35-24-29-28-21(31(24)26)16-9-5-6-10-17(16)25)30(15-11-12-15)23(33)27-20(19)14-7-3-2-4-8-14/h2-10,15,20H,11-13,26H2,1H3,(H,27,33). The average Bonchev–Trinajstić information content (AvgIpc) is 3.65. The molecule has 0 spiro atoms. The Labute approximate surface area is 205 Å². The normalized spacial score (nSPS) is 17.9. The van der Waals surface area contributed by atoms with Crippen molar-refractivity contribution in [3.8, 4) is 11.4 Å². The first kappa shape index (κ1) is 22.9. The highest BCUT2D eigenvalue weighted by molar-refractivity contribution is 7.99. The van der Waals surface area contributed by atoms with E-state index in [1.165, 1.54) is 29.6 Å². The first-order valence-corrected chi connectivity index (χ1v) is 12.0. The molecule has 2 aromatic carbocycles. The summed E-state index contributed by atoms with van der Waals surface area (Å²) in [6, 6.07) is 14.5. The number of amides is 2. The molecule has 2 aliphatic rings. The Morgan fingerprint density at radius 1 is 1.17 bits per heavy atom. The number of methoxy groups -OCH3 is 1. The zero-order valence-corrected chi connectivity index (χ0v) is 19.7. The summed E-state index contributed by atoms with van der Waals surface area (Å²) < 4.78 is 20.6. The van der Waals surface area contributed by atoms with Crippen LogP contribution < -0.4 is 11.2 Å². The molecule has 3 N–H and O–H groups in total. The third-order valence-electron chi connectivity index (χ3n) is 5.94. The van der Waals surface area contributed by atoms with E-state index in [0.29, 0.717) is 16.4 Å². The van der Waals surface area contributed by atoms with E-state index in [2.05, 4.69) is 15.5 Å². The predicted octanol–water partition coefficient (Wildman–Crippen LogP) is 3.25. The number of thioether (sulfide) groups is 1. The third-order valence-corrected chi connectivity index (χ3v) is 6.90. The van der Waals surface area contributed by atoms with Gasteiger partial charge in [0.2, 0.25) is 5.16 Å². The highest BCUT2D eigenvalue weighted by Gasteiger charge is 2.44. The number of hydrogen-bond acceptors (Lipinski definition) is 7. The number of nitrogens with one attached hydrogen (secondary N) is 1. The first-order chi connectivity index (χ1) is 17.0. The van der Waals surface area contributed by atoms with Gasteiger partial charge in [-0.2, -0.15) is 0 Å². The summed E-state index contributed by atoms with van der Waals surface area (Å²) in [7, 11) is 1.32. The second kappa shape index (κ2) is 9.41. The maximum atomic E-state index is 14.3. The number of halogens is 1. The molecule has 1 saturated carbocycles. The molecule has 9 nitrogen and oxygen atoms in total.